The van der Waals surface area contributed by atoms with Gasteiger partial charge in [0.1, 0.15) is 0 Å². The molecule has 0 saturated carbocycles. The zero-order valence-corrected chi connectivity index (χ0v) is 17.6. The van der Waals surface area contributed by atoms with Crippen LogP contribution in [-0.2, 0) is 0 Å². The smallest absolute Gasteiger partial charge is 0.0668 e. The first kappa shape index (κ1) is 19.3. The van der Waals surface area contributed by atoms with Gasteiger partial charge in [-0.25, -0.2) is 0 Å². The minimum absolute atomic E-state index is 0.453. The number of aromatic nitrogens is 1. The predicted octanol–water partition coefficient (Wildman–Crippen LogP) is 6.06. The molecule has 1 aromatic rings. The summed E-state index contributed by atoms with van der Waals surface area (Å²) in [5.41, 5.74) is 6.91. The molecule has 0 N–H and O–H groups in total. The molecular weight excluding hydrogens is 292 g/mol. The van der Waals surface area contributed by atoms with Crippen LogP contribution in [0.4, 0.5) is 5.69 Å². The van der Waals surface area contributed by atoms with Crippen LogP contribution in [0.2, 0.25) is 0 Å². The number of hydrogen-bond acceptors (Lipinski definition) is 2. The number of anilines is 1. The topological polar surface area (TPSA) is 16.1 Å². The molecule has 0 amide bonds. The number of hydrogen-bond donors (Lipinski definition) is 0. The Kier molecular flexibility index (Phi) is 5.67. The van der Waals surface area contributed by atoms with Gasteiger partial charge in [-0.1, -0.05) is 41.5 Å². The Labute approximate surface area is 150 Å². The lowest BCUT2D eigenvalue weighted by Crippen LogP contribution is -2.42. The zero-order valence-electron chi connectivity index (χ0n) is 17.6. The number of aryl methyl sites for hydroxylation is 1. The average molecular weight is 331 g/mol. The van der Waals surface area contributed by atoms with Crippen molar-refractivity contribution in [2.75, 3.05) is 11.4 Å². The van der Waals surface area contributed by atoms with E-state index in [1.54, 1.807) is 5.56 Å². The van der Waals surface area contributed by atoms with Crippen LogP contribution in [0.3, 0.4) is 0 Å². The summed E-state index contributed by atoms with van der Waals surface area (Å²) in [6.45, 7) is 24.6. The summed E-state index contributed by atoms with van der Waals surface area (Å²) in [5, 5.41) is 0. The minimum atomic E-state index is 0.453. The summed E-state index contributed by atoms with van der Waals surface area (Å²) >= 11 is 0. The molecule has 24 heavy (non-hydrogen) atoms. The first-order chi connectivity index (χ1) is 11.1. The van der Waals surface area contributed by atoms with Crippen molar-refractivity contribution in [3.05, 3.63) is 22.5 Å². The van der Waals surface area contributed by atoms with Gasteiger partial charge in [-0.05, 0) is 68.4 Å². The number of pyridine rings is 1. The van der Waals surface area contributed by atoms with Gasteiger partial charge in [0.05, 0.1) is 11.4 Å². The average Bonchev–Trinajstić information content (AvgIpc) is 2.51. The highest BCUT2D eigenvalue weighted by atomic mass is 15.2. The van der Waals surface area contributed by atoms with Crippen molar-refractivity contribution in [3.63, 3.8) is 0 Å². The Morgan fingerprint density at radius 3 is 2.04 bits per heavy atom. The molecule has 2 heterocycles. The van der Waals surface area contributed by atoms with Crippen molar-refractivity contribution in [2.45, 2.75) is 87.1 Å². The van der Waals surface area contributed by atoms with Crippen molar-refractivity contribution < 1.29 is 0 Å². The van der Waals surface area contributed by atoms with E-state index in [1.807, 2.05) is 0 Å². The highest BCUT2D eigenvalue weighted by Crippen LogP contribution is 2.45. The van der Waals surface area contributed by atoms with E-state index in [0.29, 0.717) is 29.7 Å². The monoisotopic (exact) mass is 330 g/mol. The molecule has 1 aliphatic heterocycles. The van der Waals surface area contributed by atoms with Gasteiger partial charge in [0, 0.05) is 18.3 Å². The van der Waals surface area contributed by atoms with Crippen molar-refractivity contribution >= 4 is 5.69 Å². The van der Waals surface area contributed by atoms with Crippen LogP contribution < -0.4 is 4.90 Å². The van der Waals surface area contributed by atoms with Gasteiger partial charge in [0.2, 0.25) is 0 Å². The van der Waals surface area contributed by atoms with Crippen LogP contribution in [0, 0.1) is 31.6 Å². The van der Waals surface area contributed by atoms with Gasteiger partial charge in [0.25, 0.3) is 0 Å². The predicted molar refractivity (Wildman–Crippen MR) is 106 cm³/mol. The Balaban J connectivity index is 2.83. The molecular formula is C22H38N2. The second kappa shape index (κ2) is 7.06. The molecule has 4 atom stereocenters. The fourth-order valence-corrected chi connectivity index (χ4v) is 4.36. The molecule has 0 aromatic carbocycles. The van der Waals surface area contributed by atoms with E-state index in [0.717, 1.165) is 12.5 Å². The summed E-state index contributed by atoms with van der Waals surface area (Å²) in [7, 11) is 0. The van der Waals surface area contributed by atoms with E-state index in [4.69, 9.17) is 4.98 Å². The van der Waals surface area contributed by atoms with E-state index in [1.165, 1.54) is 22.6 Å². The molecule has 0 fully saturated rings. The first-order valence-electron chi connectivity index (χ1n) is 9.85. The molecule has 136 valence electrons. The Morgan fingerprint density at radius 1 is 0.958 bits per heavy atom. The van der Waals surface area contributed by atoms with E-state index in [2.05, 4.69) is 74.1 Å². The summed E-state index contributed by atoms with van der Waals surface area (Å²) in [4.78, 5) is 7.70. The normalized spacial score (nSPS) is 28.1. The van der Waals surface area contributed by atoms with Gasteiger partial charge in [0.15, 0.2) is 0 Å². The van der Waals surface area contributed by atoms with E-state index in [9.17, 15) is 0 Å². The summed E-state index contributed by atoms with van der Waals surface area (Å²) in [6.07, 6.45) is 0. The zero-order chi connectivity index (χ0) is 18.3. The van der Waals surface area contributed by atoms with Crippen molar-refractivity contribution in [1.82, 2.24) is 4.98 Å². The molecule has 0 unspecified atom stereocenters. The molecule has 1 aliphatic rings. The Morgan fingerprint density at radius 2 is 1.54 bits per heavy atom. The summed E-state index contributed by atoms with van der Waals surface area (Å²) < 4.78 is 0. The van der Waals surface area contributed by atoms with Crippen LogP contribution >= 0.6 is 0 Å². The molecule has 0 aliphatic carbocycles. The van der Waals surface area contributed by atoms with Crippen LogP contribution in [-0.4, -0.2) is 17.6 Å². The van der Waals surface area contributed by atoms with Gasteiger partial charge in [-0.2, -0.15) is 0 Å². The second-order valence-electron chi connectivity index (χ2n) is 8.85. The fraction of sp³-hybridized carbons (Fsp3) is 0.773. The SMILES string of the molecule is Cc1nc(C(C)C)c2c(c1C)[C@@H](C)[C@@H](C)[C@@H](C)[C@@H](C)CN2C(C)C. The number of nitrogens with zero attached hydrogens (tertiary/aromatic N) is 2. The van der Waals surface area contributed by atoms with E-state index < -0.39 is 0 Å². The van der Waals surface area contributed by atoms with Gasteiger partial charge in [-0.15, -0.1) is 0 Å². The highest BCUT2D eigenvalue weighted by molar-refractivity contribution is 5.64. The second-order valence-corrected chi connectivity index (χ2v) is 8.85. The number of fused-ring (bicyclic) bond motifs is 1. The van der Waals surface area contributed by atoms with Gasteiger partial charge >= 0.3 is 0 Å². The summed E-state index contributed by atoms with van der Waals surface area (Å²) in [6, 6.07) is 0.500. The Hall–Kier alpha value is -1.05. The standard InChI is InChI=1S/C22H38N2/c1-12(2)21-22-20(18(9)19(10)23-21)17(8)16(7)15(6)14(5)11-24(22)13(3)4/h12-17H,11H2,1-10H3/t14-,15-,16-,17-/m0/s1. The minimum Gasteiger partial charge on any atom is -0.367 e. The molecule has 2 heteroatoms. The quantitative estimate of drug-likeness (QED) is 0.655. The third-order valence-electron chi connectivity index (χ3n) is 6.65. The molecule has 1 aromatic heterocycles. The molecule has 0 saturated heterocycles. The maximum absolute atomic E-state index is 5.05. The van der Waals surface area contributed by atoms with Gasteiger partial charge in [-0.3, -0.25) is 4.98 Å². The number of rotatable bonds is 2. The molecule has 0 radical (unpaired) electrons. The van der Waals surface area contributed by atoms with Crippen molar-refractivity contribution in [1.29, 1.82) is 0 Å². The van der Waals surface area contributed by atoms with E-state index in [-0.39, 0.29) is 0 Å². The third-order valence-corrected chi connectivity index (χ3v) is 6.65. The third kappa shape index (κ3) is 3.21. The molecule has 2 rings (SSSR count). The highest BCUT2D eigenvalue weighted by Gasteiger charge is 2.35. The van der Waals surface area contributed by atoms with E-state index >= 15 is 0 Å². The Bertz CT molecular complexity index is 588. The maximum atomic E-state index is 5.05. The maximum Gasteiger partial charge on any atom is 0.0668 e. The first-order valence-corrected chi connectivity index (χ1v) is 9.85. The van der Waals surface area contributed by atoms with Crippen LogP contribution in [0.5, 0.6) is 0 Å². The largest absolute Gasteiger partial charge is 0.367 e. The molecule has 0 spiro atoms. The molecule has 2 nitrogen and oxygen atoms in total. The lowest BCUT2D eigenvalue weighted by Gasteiger charge is -2.44. The fourth-order valence-electron chi connectivity index (χ4n) is 4.36. The van der Waals surface area contributed by atoms with Crippen molar-refractivity contribution in [2.24, 2.45) is 17.8 Å². The van der Waals surface area contributed by atoms with Crippen LogP contribution in [0.1, 0.15) is 89.7 Å². The van der Waals surface area contributed by atoms with Crippen LogP contribution in [0.25, 0.3) is 0 Å². The van der Waals surface area contributed by atoms with Crippen LogP contribution in [0.15, 0.2) is 0 Å². The van der Waals surface area contributed by atoms with Crippen molar-refractivity contribution in [3.8, 4) is 0 Å². The van der Waals surface area contributed by atoms with Gasteiger partial charge < -0.3 is 4.90 Å². The summed E-state index contributed by atoms with van der Waals surface area (Å²) in [5.74, 6) is 3.13. The lowest BCUT2D eigenvalue weighted by atomic mass is 9.72. The molecule has 0 bridgehead atoms. The lowest BCUT2D eigenvalue weighted by molar-refractivity contribution is 0.242.